The molecule has 2 fully saturated rings. The Labute approximate surface area is 127 Å². The van der Waals surface area contributed by atoms with Crippen LogP contribution in [0.2, 0.25) is 0 Å². The molecule has 1 aromatic carbocycles. The van der Waals surface area contributed by atoms with Crippen molar-refractivity contribution in [2.75, 3.05) is 24.6 Å². The molecule has 1 aromatic rings. The largest absolute Gasteiger partial charge is 0.315 e. The van der Waals surface area contributed by atoms with Gasteiger partial charge in [-0.25, -0.2) is 12.8 Å². The number of rotatable bonds is 3. The molecule has 6 heteroatoms. The summed E-state index contributed by atoms with van der Waals surface area (Å²) >= 11 is 3.30. The van der Waals surface area contributed by atoms with Crippen molar-refractivity contribution in [2.45, 2.75) is 12.8 Å². The van der Waals surface area contributed by atoms with Crippen molar-refractivity contribution in [2.24, 2.45) is 11.3 Å². The number of hydrogen-bond donors (Lipinski definition) is 1. The highest BCUT2D eigenvalue weighted by atomic mass is 79.9. The Morgan fingerprint density at radius 1 is 1.40 bits per heavy atom. The van der Waals surface area contributed by atoms with Gasteiger partial charge in [0.2, 0.25) is 0 Å². The fraction of sp³-hybridized carbons (Fsp3) is 0.571. The smallest absolute Gasteiger partial charge is 0.150 e. The molecule has 0 bridgehead atoms. The third-order valence-corrected chi connectivity index (χ3v) is 7.28. The minimum atomic E-state index is -2.88. The topological polar surface area (TPSA) is 46.2 Å². The molecule has 0 spiro atoms. The summed E-state index contributed by atoms with van der Waals surface area (Å²) in [5.41, 5.74) is 0.885. The van der Waals surface area contributed by atoms with Gasteiger partial charge in [0.05, 0.1) is 16.0 Å². The summed E-state index contributed by atoms with van der Waals surface area (Å²) in [5.74, 6) is 0.499. The van der Waals surface area contributed by atoms with E-state index in [0.717, 1.165) is 31.5 Å². The predicted octanol–water partition coefficient (Wildman–Crippen LogP) is 2.16. The molecule has 2 saturated heterocycles. The van der Waals surface area contributed by atoms with Gasteiger partial charge in [0.25, 0.3) is 0 Å². The van der Waals surface area contributed by atoms with Crippen molar-refractivity contribution in [3.8, 4) is 0 Å². The first kappa shape index (κ1) is 14.5. The molecule has 0 saturated carbocycles. The first-order valence-corrected chi connectivity index (χ1v) is 9.37. The third-order valence-electron chi connectivity index (χ3n) is 4.63. The normalized spacial score (nSPS) is 27.2. The molecule has 0 amide bonds. The van der Waals surface area contributed by atoms with Gasteiger partial charge in [0, 0.05) is 18.5 Å². The molecular formula is C14H17BrFNO2S. The average Bonchev–Trinajstić information content (AvgIpc) is 2.70. The zero-order valence-electron chi connectivity index (χ0n) is 11.0. The van der Waals surface area contributed by atoms with Crippen LogP contribution < -0.4 is 5.32 Å². The number of nitrogens with one attached hydrogen (secondary N) is 1. The summed E-state index contributed by atoms with van der Waals surface area (Å²) in [4.78, 5) is 0. The molecule has 20 heavy (non-hydrogen) atoms. The monoisotopic (exact) mass is 361 g/mol. The van der Waals surface area contributed by atoms with Crippen molar-refractivity contribution >= 4 is 25.8 Å². The van der Waals surface area contributed by atoms with E-state index in [-0.39, 0.29) is 22.9 Å². The summed E-state index contributed by atoms with van der Waals surface area (Å²) in [6, 6.07) is 5.05. The van der Waals surface area contributed by atoms with Gasteiger partial charge < -0.3 is 5.32 Å². The van der Waals surface area contributed by atoms with Crippen molar-refractivity contribution in [1.82, 2.24) is 5.32 Å². The number of benzene rings is 1. The molecule has 1 unspecified atom stereocenters. The number of halogens is 2. The van der Waals surface area contributed by atoms with E-state index < -0.39 is 9.84 Å². The lowest BCUT2D eigenvalue weighted by molar-refractivity contribution is 0.0921. The molecule has 2 aliphatic rings. The summed E-state index contributed by atoms with van der Waals surface area (Å²) in [7, 11) is -2.88. The third kappa shape index (κ3) is 2.53. The van der Waals surface area contributed by atoms with Crippen LogP contribution in [-0.4, -0.2) is 33.0 Å². The summed E-state index contributed by atoms with van der Waals surface area (Å²) < 4.78 is 37.5. The van der Waals surface area contributed by atoms with E-state index in [4.69, 9.17) is 0 Å². The molecule has 0 radical (unpaired) electrons. The van der Waals surface area contributed by atoms with Crippen LogP contribution in [0.5, 0.6) is 0 Å². The summed E-state index contributed by atoms with van der Waals surface area (Å²) in [6.45, 7) is 1.63. The summed E-state index contributed by atoms with van der Waals surface area (Å²) in [5, 5.41) is 3.26. The van der Waals surface area contributed by atoms with E-state index >= 15 is 0 Å². The van der Waals surface area contributed by atoms with E-state index in [1.807, 2.05) is 6.07 Å². The van der Waals surface area contributed by atoms with Gasteiger partial charge in [-0.15, -0.1) is 0 Å². The maximum Gasteiger partial charge on any atom is 0.150 e. The van der Waals surface area contributed by atoms with Crippen molar-refractivity contribution in [1.29, 1.82) is 0 Å². The standard InChI is InChI=1S/C14H17BrFNO2S/c15-13-10(2-1-3-12(13)16)6-14(8-17-9-14)11-4-5-20(18,19)7-11/h1-3,11,17H,4-9H2. The Hall–Kier alpha value is -0.460. The van der Waals surface area contributed by atoms with E-state index in [0.29, 0.717) is 10.2 Å². The zero-order chi connectivity index (χ0) is 14.4. The van der Waals surface area contributed by atoms with Gasteiger partial charge in [-0.3, -0.25) is 0 Å². The van der Waals surface area contributed by atoms with Crippen LogP contribution in [0.25, 0.3) is 0 Å². The minimum absolute atomic E-state index is 0.0418. The molecule has 0 aromatic heterocycles. The molecule has 3 nitrogen and oxygen atoms in total. The molecule has 3 rings (SSSR count). The van der Waals surface area contributed by atoms with Gasteiger partial charge in [-0.1, -0.05) is 12.1 Å². The molecule has 2 heterocycles. The SMILES string of the molecule is O=S1(=O)CCC(C2(Cc3cccc(F)c3Br)CNC2)C1. The number of sulfone groups is 1. The lowest BCUT2D eigenvalue weighted by atomic mass is 9.67. The van der Waals surface area contributed by atoms with Gasteiger partial charge >= 0.3 is 0 Å². The van der Waals surface area contributed by atoms with Gasteiger partial charge in [-0.2, -0.15) is 0 Å². The Morgan fingerprint density at radius 2 is 2.15 bits per heavy atom. The highest BCUT2D eigenvalue weighted by Crippen LogP contribution is 2.43. The molecule has 2 aliphatic heterocycles. The zero-order valence-corrected chi connectivity index (χ0v) is 13.4. The van der Waals surface area contributed by atoms with Crippen LogP contribution in [0.4, 0.5) is 4.39 Å². The van der Waals surface area contributed by atoms with Gasteiger partial charge in [0.1, 0.15) is 5.82 Å². The highest BCUT2D eigenvalue weighted by Gasteiger charge is 2.48. The Balaban J connectivity index is 1.85. The van der Waals surface area contributed by atoms with Gasteiger partial charge in [0.15, 0.2) is 9.84 Å². The van der Waals surface area contributed by atoms with Crippen molar-refractivity contribution in [3.05, 3.63) is 34.1 Å². The van der Waals surface area contributed by atoms with Crippen LogP contribution in [0, 0.1) is 17.2 Å². The first-order valence-electron chi connectivity index (χ1n) is 6.76. The van der Waals surface area contributed by atoms with Crippen molar-refractivity contribution < 1.29 is 12.8 Å². The fourth-order valence-electron chi connectivity index (χ4n) is 3.35. The first-order chi connectivity index (χ1) is 9.42. The van der Waals surface area contributed by atoms with Crippen LogP contribution in [0.1, 0.15) is 12.0 Å². The summed E-state index contributed by atoms with van der Waals surface area (Å²) in [6.07, 6.45) is 1.45. The van der Waals surface area contributed by atoms with Crippen LogP contribution in [0.3, 0.4) is 0 Å². The Bertz CT molecular complexity index is 628. The molecule has 0 aliphatic carbocycles. The maximum absolute atomic E-state index is 13.6. The van der Waals surface area contributed by atoms with Crippen LogP contribution >= 0.6 is 15.9 Å². The quantitative estimate of drug-likeness (QED) is 0.897. The van der Waals surface area contributed by atoms with E-state index in [2.05, 4.69) is 21.2 Å². The predicted molar refractivity (Wildman–Crippen MR) is 79.9 cm³/mol. The second kappa shape index (κ2) is 5.07. The lowest BCUT2D eigenvalue weighted by Crippen LogP contribution is -2.59. The van der Waals surface area contributed by atoms with E-state index in [1.54, 1.807) is 6.07 Å². The van der Waals surface area contributed by atoms with Crippen molar-refractivity contribution in [3.63, 3.8) is 0 Å². The maximum atomic E-state index is 13.6. The van der Waals surface area contributed by atoms with E-state index in [1.165, 1.54) is 6.07 Å². The fourth-order valence-corrected chi connectivity index (χ4v) is 5.69. The highest BCUT2D eigenvalue weighted by molar-refractivity contribution is 9.10. The molecule has 1 atom stereocenters. The van der Waals surface area contributed by atoms with Gasteiger partial charge in [-0.05, 0) is 46.3 Å². The van der Waals surface area contributed by atoms with E-state index in [9.17, 15) is 12.8 Å². The van der Waals surface area contributed by atoms with Crippen LogP contribution in [0.15, 0.2) is 22.7 Å². The Morgan fingerprint density at radius 3 is 2.70 bits per heavy atom. The second-order valence-corrected chi connectivity index (χ2v) is 8.98. The molecule has 1 N–H and O–H groups in total. The lowest BCUT2D eigenvalue weighted by Gasteiger charge is -2.47. The molecular weight excluding hydrogens is 345 g/mol. The molecule has 110 valence electrons. The Kier molecular flexibility index (Phi) is 3.67. The average molecular weight is 362 g/mol. The minimum Gasteiger partial charge on any atom is -0.315 e. The second-order valence-electron chi connectivity index (χ2n) is 5.96. The van der Waals surface area contributed by atoms with Crippen LogP contribution in [-0.2, 0) is 16.3 Å². The number of hydrogen-bond acceptors (Lipinski definition) is 3.